The van der Waals surface area contributed by atoms with E-state index in [0.717, 1.165) is 4.90 Å². The molecule has 0 unspecified atom stereocenters. The first kappa shape index (κ1) is 15.4. The Labute approximate surface area is 126 Å². The van der Waals surface area contributed by atoms with Crippen LogP contribution in [0.25, 0.3) is 0 Å². The van der Waals surface area contributed by atoms with Gasteiger partial charge in [-0.3, -0.25) is 9.59 Å². The van der Waals surface area contributed by atoms with E-state index in [1.54, 1.807) is 6.07 Å². The van der Waals surface area contributed by atoms with E-state index in [4.69, 9.17) is 4.74 Å². The van der Waals surface area contributed by atoms with Crippen molar-refractivity contribution in [3.63, 3.8) is 0 Å². The first-order valence-electron chi connectivity index (χ1n) is 6.49. The molecular weight excluding hydrogens is 292 g/mol. The number of carbonyl (C=O) groups excluding carboxylic acids is 3. The molecule has 2 amide bonds. The van der Waals surface area contributed by atoms with Crippen molar-refractivity contribution in [2.24, 2.45) is 0 Å². The van der Waals surface area contributed by atoms with E-state index in [2.05, 4.69) is 10.6 Å². The number of hydrogen-bond donors (Lipinski definition) is 2. The molecular formula is C14H16N2O4S. The van der Waals surface area contributed by atoms with Crippen molar-refractivity contribution >= 4 is 35.2 Å². The van der Waals surface area contributed by atoms with Gasteiger partial charge in [-0.15, -0.1) is 11.8 Å². The molecule has 1 saturated heterocycles. The molecule has 0 saturated carbocycles. The van der Waals surface area contributed by atoms with Gasteiger partial charge < -0.3 is 15.4 Å². The average Bonchev–Trinajstić information content (AvgIpc) is 2.92. The number of rotatable bonds is 5. The Balaban J connectivity index is 1.82. The van der Waals surface area contributed by atoms with Gasteiger partial charge in [0.2, 0.25) is 5.91 Å². The smallest absolute Gasteiger partial charge is 0.329 e. The first-order chi connectivity index (χ1) is 10.1. The molecule has 1 aliphatic heterocycles. The molecule has 1 aromatic rings. The van der Waals surface area contributed by atoms with Crippen molar-refractivity contribution in [3.8, 4) is 0 Å². The highest BCUT2D eigenvalue weighted by Crippen LogP contribution is 2.24. The minimum absolute atomic E-state index is 0.171. The van der Waals surface area contributed by atoms with Crippen molar-refractivity contribution in [2.45, 2.75) is 23.8 Å². The van der Waals surface area contributed by atoms with E-state index < -0.39 is 17.9 Å². The molecule has 6 nitrogen and oxygen atoms in total. The van der Waals surface area contributed by atoms with Crippen molar-refractivity contribution in [3.05, 3.63) is 24.3 Å². The van der Waals surface area contributed by atoms with Crippen LogP contribution in [0.3, 0.4) is 0 Å². The average molecular weight is 308 g/mol. The van der Waals surface area contributed by atoms with Gasteiger partial charge in [-0.1, -0.05) is 12.1 Å². The van der Waals surface area contributed by atoms with Gasteiger partial charge >= 0.3 is 5.97 Å². The van der Waals surface area contributed by atoms with Gasteiger partial charge in [-0.2, -0.15) is 0 Å². The van der Waals surface area contributed by atoms with Crippen LogP contribution in [-0.2, 0) is 19.1 Å². The van der Waals surface area contributed by atoms with E-state index in [9.17, 15) is 14.4 Å². The van der Waals surface area contributed by atoms with Crippen LogP contribution in [0.2, 0.25) is 0 Å². The van der Waals surface area contributed by atoms with Gasteiger partial charge in [-0.05, 0) is 24.8 Å². The minimum atomic E-state index is -0.635. The van der Waals surface area contributed by atoms with Gasteiger partial charge in [0.15, 0.2) is 6.61 Å². The summed E-state index contributed by atoms with van der Waals surface area (Å²) in [7, 11) is 0. The van der Waals surface area contributed by atoms with Gasteiger partial charge in [-0.25, -0.2) is 4.79 Å². The molecule has 1 heterocycles. The third kappa shape index (κ3) is 4.22. The number of para-hydroxylation sites is 1. The van der Waals surface area contributed by atoms with Crippen molar-refractivity contribution in [1.82, 2.24) is 5.32 Å². The molecule has 21 heavy (non-hydrogen) atoms. The van der Waals surface area contributed by atoms with Gasteiger partial charge in [0.05, 0.1) is 5.69 Å². The number of esters is 1. The molecule has 112 valence electrons. The van der Waals surface area contributed by atoms with Crippen molar-refractivity contribution in [2.75, 3.05) is 18.2 Å². The minimum Gasteiger partial charge on any atom is -0.454 e. The van der Waals surface area contributed by atoms with E-state index in [-0.39, 0.29) is 12.5 Å². The van der Waals surface area contributed by atoms with Crippen LogP contribution in [-0.4, -0.2) is 36.7 Å². The summed E-state index contributed by atoms with van der Waals surface area (Å²) < 4.78 is 4.91. The summed E-state index contributed by atoms with van der Waals surface area (Å²) >= 11 is 1.51. The lowest BCUT2D eigenvalue weighted by Gasteiger charge is -2.11. The zero-order valence-electron chi connectivity index (χ0n) is 11.5. The number of thioether (sulfide) groups is 1. The third-order valence-corrected chi connectivity index (χ3v) is 3.80. The second kappa shape index (κ2) is 7.12. The number of benzene rings is 1. The van der Waals surface area contributed by atoms with Crippen LogP contribution < -0.4 is 10.6 Å². The topological polar surface area (TPSA) is 84.5 Å². The molecule has 2 rings (SSSR count). The number of hydrogen-bond acceptors (Lipinski definition) is 5. The molecule has 1 atom stereocenters. The summed E-state index contributed by atoms with van der Waals surface area (Å²) in [5.41, 5.74) is 0.681. The van der Waals surface area contributed by atoms with Crippen LogP contribution in [0.1, 0.15) is 12.8 Å². The van der Waals surface area contributed by atoms with Crippen LogP contribution in [0.4, 0.5) is 5.69 Å². The Bertz CT molecular complexity index is 562. The van der Waals surface area contributed by atoms with Crippen LogP contribution in [0.15, 0.2) is 29.2 Å². The van der Waals surface area contributed by atoms with Gasteiger partial charge in [0, 0.05) is 11.3 Å². The number of amides is 2. The highest BCUT2D eigenvalue weighted by molar-refractivity contribution is 7.98. The summed E-state index contributed by atoms with van der Waals surface area (Å²) in [5, 5.41) is 5.19. The number of anilines is 1. The molecule has 1 fully saturated rings. The molecule has 1 aromatic carbocycles. The maximum atomic E-state index is 11.8. The molecule has 0 radical (unpaired) electrons. The van der Waals surface area contributed by atoms with Crippen molar-refractivity contribution < 1.29 is 19.1 Å². The number of nitrogens with one attached hydrogen (secondary N) is 2. The number of carbonyl (C=O) groups is 3. The van der Waals surface area contributed by atoms with Crippen LogP contribution in [0, 0.1) is 0 Å². The summed E-state index contributed by atoms with van der Waals surface area (Å²) in [6, 6.07) is 6.73. The summed E-state index contributed by atoms with van der Waals surface area (Å²) in [6.07, 6.45) is 2.63. The van der Waals surface area contributed by atoms with Crippen molar-refractivity contribution in [1.29, 1.82) is 0 Å². The van der Waals surface area contributed by atoms with E-state index in [0.29, 0.717) is 18.5 Å². The second-order valence-corrected chi connectivity index (χ2v) is 5.36. The largest absolute Gasteiger partial charge is 0.454 e. The zero-order valence-corrected chi connectivity index (χ0v) is 12.4. The summed E-state index contributed by atoms with van der Waals surface area (Å²) in [6.45, 7) is -0.367. The number of ether oxygens (including phenoxy) is 1. The van der Waals surface area contributed by atoms with E-state index >= 15 is 0 Å². The zero-order chi connectivity index (χ0) is 15.2. The van der Waals surface area contributed by atoms with Gasteiger partial charge in [0.1, 0.15) is 6.04 Å². The molecule has 7 heteroatoms. The molecule has 0 bridgehead atoms. The quantitative estimate of drug-likeness (QED) is 0.630. The van der Waals surface area contributed by atoms with Gasteiger partial charge in [0.25, 0.3) is 5.91 Å². The fourth-order valence-corrected chi connectivity index (χ4v) is 2.52. The Hall–Kier alpha value is -2.02. The standard InChI is InChI=1S/C14H16N2O4S/c1-21-11-5-3-2-4-9(11)15-13(18)8-20-14(19)10-6-7-12(17)16-10/h2-5,10H,6-8H2,1H3,(H,15,18)(H,16,17)/t10-/m0/s1. The Morgan fingerprint density at radius 3 is 2.86 bits per heavy atom. The van der Waals surface area contributed by atoms with Crippen LogP contribution in [0.5, 0.6) is 0 Å². The lowest BCUT2D eigenvalue weighted by Crippen LogP contribution is -2.36. The summed E-state index contributed by atoms with van der Waals surface area (Å²) in [4.78, 5) is 35.4. The molecule has 0 aromatic heterocycles. The van der Waals surface area contributed by atoms with E-state index in [1.165, 1.54) is 11.8 Å². The normalized spacial score (nSPS) is 17.2. The SMILES string of the molecule is CSc1ccccc1NC(=O)COC(=O)[C@@H]1CCC(=O)N1. The van der Waals surface area contributed by atoms with E-state index in [1.807, 2.05) is 24.5 Å². The fraction of sp³-hybridized carbons (Fsp3) is 0.357. The fourth-order valence-electron chi connectivity index (χ4n) is 1.96. The second-order valence-electron chi connectivity index (χ2n) is 4.51. The predicted octanol–water partition coefficient (Wildman–Crippen LogP) is 1.17. The lowest BCUT2D eigenvalue weighted by atomic mass is 10.2. The molecule has 0 aliphatic carbocycles. The van der Waals surface area contributed by atoms with Crippen LogP contribution >= 0.6 is 11.8 Å². The lowest BCUT2D eigenvalue weighted by molar-refractivity contribution is -0.149. The maximum Gasteiger partial charge on any atom is 0.329 e. The Kier molecular flexibility index (Phi) is 5.21. The Morgan fingerprint density at radius 1 is 1.43 bits per heavy atom. The molecule has 1 aliphatic rings. The predicted molar refractivity (Wildman–Crippen MR) is 79.0 cm³/mol. The Morgan fingerprint density at radius 2 is 2.19 bits per heavy atom. The highest BCUT2D eigenvalue weighted by atomic mass is 32.2. The summed E-state index contributed by atoms with van der Waals surface area (Å²) in [5.74, 6) is -1.15. The third-order valence-electron chi connectivity index (χ3n) is 3.01. The molecule has 0 spiro atoms. The molecule has 2 N–H and O–H groups in total. The monoisotopic (exact) mass is 308 g/mol. The highest BCUT2D eigenvalue weighted by Gasteiger charge is 2.28. The first-order valence-corrected chi connectivity index (χ1v) is 7.71. The maximum absolute atomic E-state index is 11.8.